The Morgan fingerprint density at radius 1 is 1.14 bits per heavy atom. The van der Waals surface area contributed by atoms with E-state index in [1.807, 2.05) is 24.3 Å². The average molecular weight is 504 g/mol. The molecule has 1 heterocycles. The van der Waals surface area contributed by atoms with Gasteiger partial charge in [0.15, 0.2) is 11.6 Å². The number of pyridine rings is 1. The molecule has 2 atom stereocenters. The molecule has 0 aliphatic heterocycles. The summed E-state index contributed by atoms with van der Waals surface area (Å²) in [4.78, 5) is 30.4. The van der Waals surface area contributed by atoms with Crippen LogP contribution in [0.3, 0.4) is 0 Å². The maximum absolute atomic E-state index is 13.9. The highest BCUT2D eigenvalue weighted by atomic mass is 19.2. The van der Waals surface area contributed by atoms with Gasteiger partial charge in [0.1, 0.15) is 12.4 Å². The zero-order valence-electron chi connectivity index (χ0n) is 19.2. The first kappa shape index (κ1) is 28.6. The Morgan fingerprint density at radius 3 is 2.58 bits per heavy atom. The first-order valence-electron chi connectivity index (χ1n) is 11.0. The van der Waals surface area contributed by atoms with Gasteiger partial charge in [-0.3, -0.25) is 10.1 Å². The number of rotatable bonds is 10. The summed E-state index contributed by atoms with van der Waals surface area (Å²) < 4.78 is 32.5. The molecule has 0 spiro atoms. The van der Waals surface area contributed by atoms with Crippen LogP contribution in [0.15, 0.2) is 54.7 Å². The Labute approximate surface area is 208 Å². The number of carbonyl (C=O) groups excluding carboxylic acids is 2. The van der Waals surface area contributed by atoms with Gasteiger partial charge in [0, 0.05) is 25.1 Å². The molecule has 0 saturated heterocycles. The fraction of sp³-hybridized carbons (Fsp3) is 0.346. The van der Waals surface area contributed by atoms with Crippen molar-refractivity contribution in [2.45, 2.75) is 38.8 Å². The van der Waals surface area contributed by atoms with Gasteiger partial charge in [0.05, 0.1) is 18.8 Å². The third kappa shape index (κ3) is 7.69. The first-order valence-corrected chi connectivity index (χ1v) is 11.0. The predicted octanol–water partition coefficient (Wildman–Crippen LogP) is 3.90. The van der Waals surface area contributed by atoms with Crippen LogP contribution in [0.25, 0.3) is 10.8 Å². The van der Waals surface area contributed by atoms with Crippen molar-refractivity contribution in [1.82, 2.24) is 9.88 Å². The fourth-order valence-corrected chi connectivity index (χ4v) is 3.55. The van der Waals surface area contributed by atoms with E-state index in [4.69, 9.17) is 4.74 Å². The Hall–Kier alpha value is -3.63. The van der Waals surface area contributed by atoms with E-state index in [0.717, 1.165) is 16.8 Å². The van der Waals surface area contributed by atoms with Crippen LogP contribution in [0.5, 0.6) is 0 Å². The number of anilines is 1. The molecule has 10 heteroatoms. The van der Waals surface area contributed by atoms with Crippen LogP contribution >= 0.6 is 0 Å². The third-order valence-electron chi connectivity index (χ3n) is 5.60. The molecule has 3 N–H and O–H groups in total. The summed E-state index contributed by atoms with van der Waals surface area (Å²) in [6.45, 7) is -0.812. The Morgan fingerprint density at radius 2 is 1.86 bits per heavy atom. The second kappa shape index (κ2) is 13.5. The van der Waals surface area contributed by atoms with Crippen LogP contribution in [0.1, 0.15) is 25.8 Å². The summed E-state index contributed by atoms with van der Waals surface area (Å²) in [5, 5.41) is 23.4. The molecule has 0 bridgehead atoms. The normalized spacial score (nSPS) is 12.4. The molecule has 1 aromatic heterocycles. The van der Waals surface area contributed by atoms with Crippen LogP contribution < -0.4 is 5.32 Å². The second-order valence-electron chi connectivity index (χ2n) is 8.08. The number of ether oxygens (including phenoxy) is 1. The lowest BCUT2D eigenvalue weighted by molar-refractivity contribution is -0.133. The van der Waals surface area contributed by atoms with Crippen LogP contribution in [-0.4, -0.2) is 64.5 Å². The largest absolute Gasteiger partial charge is 0.447 e. The zero-order chi connectivity index (χ0) is 25.4. The number of aliphatic hydroxyl groups excluding tert-OH is 2. The van der Waals surface area contributed by atoms with E-state index in [-0.39, 0.29) is 44.7 Å². The number of fused-ring (bicyclic) bond motifs is 1. The standard InChI is InChI=1S/C25H27F2N3O5.CH4/c1-30(23(33)10-9-16-7-4-8-21(26)24(16)27)19(12-20(32)14-31)15-35-25(34)29-22-11-17-5-2-3-6-18(17)13-28-22;/h2-8,11,13,19-20,31-32H,9-10,12,14-15H2,1H3,(H,28,29,34);1H4/t19-,20-;/m0./s1. The number of hydrogen-bond acceptors (Lipinski definition) is 6. The van der Waals surface area contributed by atoms with Crippen molar-refractivity contribution in [3.05, 3.63) is 71.9 Å². The van der Waals surface area contributed by atoms with Crippen LogP contribution in [-0.2, 0) is 16.0 Å². The lowest BCUT2D eigenvalue weighted by Crippen LogP contribution is -2.43. The number of benzene rings is 2. The molecule has 2 amide bonds. The molecule has 194 valence electrons. The molecule has 8 nitrogen and oxygen atoms in total. The molecular weight excluding hydrogens is 472 g/mol. The van der Waals surface area contributed by atoms with Crippen molar-refractivity contribution in [2.24, 2.45) is 0 Å². The van der Waals surface area contributed by atoms with Crippen LogP contribution in [0.4, 0.5) is 19.4 Å². The van der Waals surface area contributed by atoms with Gasteiger partial charge in [0.2, 0.25) is 5.91 Å². The molecule has 0 aliphatic carbocycles. The van der Waals surface area contributed by atoms with Gasteiger partial charge in [-0.25, -0.2) is 18.6 Å². The van der Waals surface area contributed by atoms with Crippen molar-refractivity contribution < 1.29 is 33.3 Å². The number of carbonyl (C=O) groups is 2. The highest BCUT2D eigenvalue weighted by Crippen LogP contribution is 2.17. The van der Waals surface area contributed by atoms with Gasteiger partial charge < -0.3 is 19.8 Å². The Bertz CT molecular complexity index is 1180. The first-order chi connectivity index (χ1) is 16.8. The summed E-state index contributed by atoms with van der Waals surface area (Å²) in [5.74, 6) is -2.14. The minimum absolute atomic E-state index is 0. The van der Waals surface area contributed by atoms with E-state index in [9.17, 15) is 28.6 Å². The maximum atomic E-state index is 13.9. The van der Waals surface area contributed by atoms with E-state index >= 15 is 0 Å². The fourth-order valence-electron chi connectivity index (χ4n) is 3.55. The molecular formula is C26H31F2N3O5. The highest BCUT2D eigenvalue weighted by Gasteiger charge is 2.25. The number of aromatic nitrogens is 1. The summed E-state index contributed by atoms with van der Waals surface area (Å²) >= 11 is 0. The third-order valence-corrected chi connectivity index (χ3v) is 5.60. The number of hydrogen-bond donors (Lipinski definition) is 3. The van der Waals surface area contributed by atoms with Gasteiger partial charge in [-0.2, -0.15) is 0 Å². The quantitative estimate of drug-likeness (QED) is 0.387. The number of nitrogens with one attached hydrogen (secondary N) is 1. The average Bonchev–Trinajstić information content (AvgIpc) is 2.86. The van der Waals surface area contributed by atoms with Gasteiger partial charge >= 0.3 is 6.09 Å². The van der Waals surface area contributed by atoms with Crippen molar-refractivity contribution in [3.8, 4) is 0 Å². The molecule has 0 fully saturated rings. The molecule has 36 heavy (non-hydrogen) atoms. The zero-order valence-corrected chi connectivity index (χ0v) is 19.2. The smallest absolute Gasteiger partial charge is 0.412 e. The number of aryl methyl sites for hydroxylation is 1. The number of halogens is 2. The van der Waals surface area contributed by atoms with Crippen molar-refractivity contribution in [1.29, 1.82) is 0 Å². The van der Waals surface area contributed by atoms with E-state index in [1.54, 1.807) is 12.3 Å². The van der Waals surface area contributed by atoms with E-state index in [1.165, 1.54) is 24.1 Å². The van der Waals surface area contributed by atoms with E-state index in [2.05, 4.69) is 10.3 Å². The number of likely N-dealkylation sites (N-methyl/N-ethyl adjacent to an activating group) is 1. The summed E-state index contributed by atoms with van der Waals surface area (Å²) in [6.07, 6.45) is -0.565. The maximum Gasteiger partial charge on any atom is 0.412 e. The molecule has 3 aromatic rings. The molecule has 3 rings (SSSR count). The Balaban J connectivity index is 0.00000456. The monoisotopic (exact) mass is 503 g/mol. The predicted molar refractivity (Wildman–Crippen MR) is 132 cm³/mol. The summed E-state index contributed by atoms with van der Waals surface area (Å²) in [6, 6.07) is 12.2. The Kier molecular flexibility index (Phi) is 10.7. The van der Waals surface area contributed by atoms with Gasteiger partial charge in [-0.1, -0.05) is 43.8 Å². The topological polar surface area (TPSA) is 112 Å². The minimum atomic E-state index is -1.15. The minimum Gasteiger partial charge on any atom is -0.447 e. The van der Waals surface area contributed by atoms with Crippen LogP contribution in [0, 0.1) is 11.6 Å². The lowest BCUT2D eigenvalue weighted by Gasteiger charge is -2.29. The van der Waals surface area contributed by atoms with Crippen molar-refractivity contribution in [2.75, 3.05) is 25.6 Å². The number of aliphatic hydroxyl groups is 2. The van der Waals surface area contributed by atoms with E-state index < -0.39 is 42.4 Å². The van der Waals surface area contributed by atoms with Crippen molar-refractivity contribution >= 4 is 28.6 Å². The number of nitrogens with zero attached hydrogens (tertiary/aromatic N) is 2. The van der Waals surface area contributed by atoms with Crippen LogP contribution in [0.2, 0.25) is 0 Å². The highest BCUT2D eigenvalue weighted by molar-refractivity contribution is 5.89. The second-order valence-corrected chi connectivity index (χ2v) is 8.08. The van der Waals surface area contributed by atoms with E-state index in [0.29, 0.717) is 0 Å². The molecule has 2 aromatic carbocycles. The lowest BCUT2D eigenvalue weighted by atomic mass is 10.1. The summed E-state index contributed by atoms with van der Waals surface area (Å²) in [7, 11) is 1.45. The molecule has 0 radical (unpaired) electrons. The molecule has 0 aliphatic rings. The molecule has 0 saturated carbocycles. The van der Waals surface area contributed by atoms with Gasteiger partial charge in [-0.15, -0.1) is 0 Å². The van der Waals surface area contributed by atoms with Gasteiger partial charge in [0.25, 0.3) is 0 Å². The molecule has 0 unspecified atom stereocenters. The SMILES string of the molecule is C.CN(C(=O)CCc1cccc(F)c1F)[C@H](COC(=O)Nc1cc2ccccc2cn1)C[C@H](O)CO. The van der Waals surface area contributed by atoms with Crippen molar-refractivity contribution in [3.63, 3.8) is 0 Å². The van der Waals surface area contributed by atoms with Gasteiger partial charge in [-0.05, 0) is 35.9 Å². The number of amides is 2. The summed E-state index contributed by atoms with van der Waals surface area (Å²) in [5.41, 5.74) is 0.0669.